The second kappa shape index (κ2) is 10.4. The van der Waals surface area contributed by atoms with Crippen molar-refractivity contribution < 1.29 is 9.18 Å². The number of amides is 1. The van der Waals surface area contributed by atoms with Crippen LogP contribution in [0.25, 0.3) is 6.08 Å². The Hall–Kier alpha value is -1.39. The Labute approximate surface area is 138 Å². The zero-order valence-corrected chi connectivity index (χ0v) is 13.6. The molecule has 0 aromatic heterocycles. The van der Waals surface area contributed by atoms with Gasteiger partial charge in [-0.05, 0) is 51.0 Å². The first-order valence-electron chi connectivity index (χ1n) is 7.68. The molecule has 1 heterocycles. The summed E-state index contributed by atoms with van der Waals surface area (Å²) in [6, 6.07) is 6.41. The molecule has 1 aromatic rings. The van der Waals surface area contributed by atoms with Gasteiger partial charge in [-0.15, -0.1) is 12.4 Å². The molecule has 3 nitrogen and oxygen atoms in total. The number of hydrogen-bond donors (Lipinski definition) is 1. The van der Waals surface area contributed by atoms with E-state index in [4.69, 9.17) is 0 Å². The molecule has 1 fully saturated rings. The fourth-order valence-electron chi connectivity index (χ4n) is 2.53. The van der Waals surface area contributed by atoms with Crippen molar-refractivity contribution >= 4 is 24.4 Å². The van der Waals surface area contributed by atoms with Crippen LogP contribution in [0.3, 0.4) is 0 Å². The van der Waals surface area contributed by atoms with Crippen molar-refractivity contribution in [3.63, 3.8) is 0 Å². The van der Waals surface area contributed by atoms with E-state index >= 15 is 0 Å². The van der Waals surface area contributed by atoms with Crippen LogP contribution in [0.15, 0.2) is 30.3 Å². The molecule has 1 aromatic carbocycles. The van der Waals surface area contributed by atoms with Gasteiger partial charge in [-0.2, -0.15) is 0 Å². The Balaban J connectivity index is 0.00000242. The molecule has 1 aliphatic rings. The minimum atomic E-state index is -0.313. The normalized spacial score (nSPS) is 15.5. The number of benzene rings is 1. The Morgan fingerprint density at radius 1 is 1.23 bits per heavy atom. The Kier molecular flexibility index (Phi) is 8.78. The highest BCUT2D eigenvalue weighted by Gasteiger charge is 2.08. The van der Waals surface area contributed by atoms with E-state index in [0.717, 1.165) is 13.0 Å². The van der Waals surface area contributed by atoms with E-state index in [1.807, 2.05) is 0 Å². The lowest BCUT2D eigenvalue weighted by Crippen LogP contribution is -2.33. The number of carbonyl (C=O) groups is 1. The van der Waals surface area contributed by atoms with Gasteiger partial charge >= 0.3 is 0 Å². The lowest BCUT2D eigenvalue weighted by Gasteiger charge is -2.26. The quantitative estimate of drug-likeness (QED) is 0.643. The molecule has 1 N–H and O–H groups in total. The van der Waals surface area contributed by atoms with E-state index in [9.17, 15) is 9.18 Å². The van der Waals surface area contributed by atoms with Crippen molar-refractivity contribution in [3.8, 4) is 0 Å². The predicted octanol–water partition coefficient (Wildman–Crippen LogP) is 3.25. The minimum Gasteiger partial charge on any atom is -0.353 e. The first-order chi connectivity index (χ1) is 10.3. The fourth-order valence-corrected chi connectivity index (χ4v) is 2.53. The number of carbonyl (C=O) groups excluding carboxylic acids is 1. The van der Waals surface area contributed by atoms with Crippen molar-refractivity contribution in [2.45, 2.75) is 25.7 Å². The number of likely N-dealkylation sites (tertiary alicyclic amines) is 1. The van der Waals surface area contributed by atoms with Gasteiger partial charge in [0, 0.05) is 18.2 Å². The van der Waals surface area contributed by atoms with Crippen molar-refractivity contribution in [1.82, 2.24) is 10.2 Å². The standard InChI is InChI=1S/C17H23FN2O.ClH/c18-16-8-3-2-7-15(16)9-10-17(21)19-11-6-14-20-12-4-1-5-13-20;/h2-3,7-10H,1,4-6,11-14H2,(H,19,21);1H/b10-9+;. The van der Waals surface area contributed by atoms with E-state index < -0.39 is 0 Å². The third-order valence-electron chi connectivity index (χ3n) is 3.72. The van der Waals surface area contributed by atoms with Gasteiger partial charge in [-0.1, -0.05) is 24.6 Å². The van der Waals surface area contributed by atoms with Gasteiger partial charge < -0.3 is 10.2 Å². The zero-order valence-electron chi connectivity index (χ0n) is 12.8. The Morgan fingerprint density at radius 3 is 2.68 bits per heavy atom. The van der Waals surface area contributed by atoms with Gasteiger partial charge in [-0.3, -0.25) is 4.79 Å². The summed E-state index contributed by atoms with van der Waals surface area (Å²) in [7, 11) is 0. The topological polar surface area (TPSA) is 32.3 Å². The molecule has 122 valence electrons. The maximum Gasteiger partial charge on any atom is 0.244 e. The molecule has 0 atom stereocenters. The smallest absolute Gasteiger partial charge is 0.244 e. The highest BCUT2D eigenvalue weighted by atomic mass is 35.5. The van der Waals surface area contributed by atoms with Crippen LogP contribution >= 0.6 is 12.4 Å². The van der Waals surface area contributed by atoms with Crippen LogP contribution in [0.4, 0.5) is 4.39 Å². The van der Waals surface area contributed by atoms with Crippen LogP contribution in [0, 0.1) is 5.82 Å². The number of nitrogens with zero attached hydrogens (tertiary/aromatic N) is 1. The van der Waals surface area contributed by atoms with Crippen molar-refractivity contribution in [2.75, 3.05) is 26.2 Å². The molecule has 0 bridgehead atoms. The highest BCUT2D eigenvalue weighted by molar-refractivity contribution is 5.91. The van der Waals surface area contributed by atoms with Crippen LogP contribution < -0.4 is 5.32 Å². The average molecular weight is 327 g/mol. The lowest BCUT2D eigenvalue weighted by molar-refractivity contribution is -0.116. The van der Waals surface area contributed by atoms with E-state index in [1.54, 1.807) is 18.2 Å². The zero-order chi connectivity index (χ0) is 14.9. The maximum absolute atomic E-state index is 13.4. The second-order valence-corrected chi connectivity index (χ2v) is 5.40. The summed E-state index contributed by atoms with van der Waals surface area (Å²) in [5.41, 5.74) is 0.431. The summed E-state index contributed by atoms with van der Waals surface area (Å²) in [6.07, 6.45) is 7.78. The Bertz CT molecular complexity index is 487. The molecular weight excluding hydrogens is 303 g/mol. The maximum atomic E-state index is 13.4. The van der Waals surface area contributed by atoms with Crippen LogP contribution in [-0.4, -0.2) is 37.0 Å². The first-order valence-corrected chi connectivity index (χ1v) is 7.68. The molecule has 0 spiro atoms. The lowest BCUT2D eigenvalue weighted by atomic mass is 10.1. The Morgan fingerprint density at radius 2 is 1.95 bits per heavy atom. The van der Waals surface area contributed by atoms with Crippen molar-refractivity contribution in [3.05, 3.63) is 41.7 Å². The number of nitrogens with one attached hydrogen (secondary N) is 1. The number of piperidine rings is 1. The van der Waals surface area contributed by atoms with Crippen molar-refractivity contribution in [2.24, 2.45) is 0 Å². The highest BCUT2D eigenvalue weighted by Crippen LogP contribution is 2.09. The molecule has 22 heavy (non-hydrogen) atoms. The summed E-state index contributed by atoms with van der Waals surface area (Å²) in [5, 5.41) is 2.84. The second-order valence-electron chi connectivity index (χ2n) is 5.40. The average Bonchev–Trinajstić information content (AvgIpc) is 2.52. The van der Waals surface area contributed by atoms with Gasteiger partial charge in [0.25, 0.3) is 0 Å². The van der Waals surface area contributed by atoms with E-state index in [2.05, 4.69) is 10.2 Å². The molecule has 0 unspecified atom stereocenters. The van der Waals surface area contributed by atoms with Gasteiger partial charge in [-0.25, -0.2) is 4.39 Å². The summed E-state index contributed by atoms with van der Waals surface area (Å²) < 4.78 is 13.4. The number of halogens is 2. The van der Waals surface area contributed by atoms with E-state index in [-0.39, 0.29) is 24.1 Å². The molecule has 0 saturated carbocycles. The summed E-state index contributed by atoms with van der Waals surface area (Å²) >= 11 is 0. The largest absolute Gasteiger partial charge is 0.353 e. The van der Waals surface area contributed by atoms with Gasteiger partial charge in [0.15, 0.2) is 0 Å². The van der Waals surface area contributed by atoms with E-state index in [1.165, 1.54) is 50.6 Å². The third-order valence-corrected chi connectivity index (χ3v) is 3.72. The molecule has 1 aliphatic heterocycles. The molecular formula is C17H24ClFN2O. The predicted molar refractivity (Wildman–Crippen MR) is 90.6 cm³/mol. The molecule has 0 aliphatic carbocycles. The molecule has 5 heteroatoms. The monoisotopic (exact) mass is 326 g/mol. The van der Waals surface area contributed by atoms with Crippen LogP contribution in [-0.2, 0) is 4.79 Å². The van der Waals surface area contributed by atoms with Gasteiger partial charge in [0.1, 0.15) is 5.82 Å². The summed E-state index contributed by atoms with van der Waals surface area (Å²) in [5.74, 6) is -0.483. The fraction of sp³-hybridized carbons (Fsp3) is 0.471. The van der Waals surface area contributed by atoms with Gasteiger partial charge in [0.05, 0.1) is 0 Å². The minimum absolute atomic E-state index is 0. The molecule has 0 radical (unpaired) electrons. The number of hydrogen-bond acceptors (Lipinski definition) is 2. The molecule has 2 rings (SSSR count). The van der Waals surface area contributed by atoms with Crippen LogP contribution in [0.1, 0.15) is 31.2 Å². The van der Waals surface area contributed by atoms with Gasteiger partial charge in [0.2, 0.25) is 5.91 Å². The number of rotatable bonds is 6. The van der Waals surface area contributed by atoms with Crippen LogP contribution in [0.2, 0.25) is 0 Å². The van der Waals surface area contributed by atoms with E-state index in [0.29, 0.717) is 12.1 Å². The molecule has 1 amide bonds. The SMILES string of the molecule is Cl.O=C(/C=C/c1ccccc1F)NCCCN1CCCCC1. The first kappa shape index (κ1) is 18.7. The summed E-state index contributed by atoms with van der Waals surface area (Å²) in [4.78, 5) is 14.1. The van der Waals surface area contributed by atoms with Crippen molar-refractivity contribution in [1.29, 1.82) is 0 Å². The molecule has 1 saturated heterocycles. The third kappa shape index (κ3) is 6.58. The van der Waals surface area contributed by atoms with Crippen LogP contribution in [0.5, 0.6) is 0 Å². The summed E-state index contributed by atoms with van der Waals surface area (Å²) in [6.45, 7) is 4.07.